The minimum Gasteiger partial charge on any atom is -0.308 e. The fourth-order valence-electron chi connectivity index (χ4n) is 2.81. The lowest BCUT2D eigenvalue weighted by Gasteiger charge is -2.26. The molecule has 1 N–H and O–H groups in total. The Labute approximate surface area is 111 Å². The lowest BCUT2D eigenvalue weighted by molar-refractivity contribution is 0.245. The molecule has 1 heterocycles. The number of hydrogen-bond acceptors (Lipinski definition) is 2. The molecule has 0 saturated carbocycles. The average molecular weight is 246 g/mol. The van der Waals surface area contributed by atoms with Crippen LogP contribution in [0.15, 0.2) is 30.3 Å². The number of likely N-dealkylation sites (tertiary alicyclic amines) is 1. The summed E-state index contributed by atoms with van der Waals surface area (Å²) in [4.78, 5) is 2.60. The monoisotopic (exact) mass is 246 g/mol. The fourth-order valence-corrected chi connectivity index (χ4v) is 2.81. The molecule has 2 atom stereocenters. The molecule has 18 heavy (non-hydrogen) atoms. The van der Waals surface area contributed by atoms with E-state index < -0.39 is 0 Å². The van der Waals surface area contributed by atoms with E-state index in [4.69, 9.17) is 0 Å². The number of hydrogen-bond donors (Lipinski definition) is 1. The van der Waals surface area contributed by atoms with Gasteiger partial charge < -0.3 is 5.32 Å². The van der Waals surface area contributed by atoms with Crippen LogP contribution in [0.2, 0.25) is 0 Å². The van der Waals surface area contributed by atoms with Crippen molar-refractivity contribution < 1.29 is 0 Å². The minimum atomic E-state index is 0.497. The van der Waals surface area contributed by atoms with E-state index in [1.807, 2.05) is 0 Å². The Kier molecular flexibility index (Phi) is 5.21. The van der Waals surface area contributed by atoms with Crippen LogP contribution in [0.3, 0.4) is 0 Å². The van der Waals surface area contributed by atoms with E-state index in [9.17, 15) is 0 Å². The molecule has 1 aromatic rings. The molecule has 2 rings (SSSR count). The van der Waals surface area contributed by atoms with Crippen LogP contribution in [-0.2, 0) is 0 Å². The highest BCUT2D eigenvalue weighted by Crippen LogP contribution is 2.17. The van der Waals surface area contributed by atoms with Crippen molar-refractivity contribution in [1.29, 1.82) is 0 Å². The molecule has 1 aliphatic rings. The van der Waals surface area contributed by atoms with Crippen LogP contribution in [-0.4, -0.2) is 30.6 Å². The second-order valence-electron chi connectivity index (χ2n) is 5.37. The van der Waals surface area contributed by atoms with Crippen molar-refractivity contribution in [3.8, 4) is 0 Å². The van der Waals surface area contributed by atoms with E-state index in [2.05, 4.69) is 54.4 Å². The van der Waals surface area contributed by atoms with Gasteiger partial charge in [-0.05, 0) is 44.8 Å². The van der Waals surface area contributed by atoms with Gasteiger partial charge in [-0.15, -0.1) is 0 Å². The maximum Gasteiger partial charge on any atom is 0.0318 e. The highest BCUT2D eigenvalue weighted by molar-refractivity contribution is 5.18. The third-order valence-electron chi connectivity index (χ3n) is 4.03. The van der Waals surface area contributed by atoms with E-state index in [1.165, 1.54) is 31.5 Å². The van der Waals surface area contributed by atoms with Gasteiger partial charge >= 0.3 is 0 Å². The lowest BCUT2D eigenvalue weighted by atomic mass is 10.0. The van der Waals surface area contributed by atoms with Gasteiger partial charge in [0.1, 0.15) is 0 Å². The Hall–Kier alpha value is -0.860. The first-order valence-corrected chi connectivity index (χ1v) is 7.33. The van der Waals surface area contributed by atoms with Crippen LogP contribution in [0.1, 0.15) is 44.7 Å². The molecule has 2 heteroatoms. The van der Waals surface area contributed by atoms with E-state index in [1.54, 1.807) is 0 Å². The van der Waals surface area contributed by atoms with Crippen LogP contribution < -0.4 is 5.32 Å². The van der Waals surface area contributed by atoms with Gasteiger partial charge in [-0.25, -0.2) is 0 Å². The van der Waals surface area contributed by atoms with Crippen molar-refractivity contribution >= 4 is 0 Å². The first kappa shape index (κ1) is 13.6. The van der Waals surface area contributed by atoms with E-state index >= 15 is 0 Å². The Balaban J connectivity index is 1.83. The molecule has 0 bridgehead atoms. The minimum absolute atomic E-state index is 0.497. The smallest absolute Gasteiger partial charge is 0.0318 e. The average Bonchev–Trinajstić information content (AvgIpc) is 2.94. The molecule has 0 amide bonds. The van der Waals surface area contributed by atoms with E-state index in [0.29, 0.717) is 12.1 Å². The van der Waals surface area contributed by atoms with Crippen molar-refractivity contribution in [2.45, 2.75) is 45.2 Å². The van der Waals surface area contributed by atoms with Gasteiger partial charge in [0.15, 0.2) is 0 Å². The third-order valence-corrected chi connectivity index (χ3v) is 4.03. The van der Waals surface area contributed by atoms with Crippen molar-refractivity contribution in [3.05, 3.63) is 35.9 Å². The Morgan fingerprint density at radius 3 is 2.44 bits per heavy atom. The lowest BCUT2D eigenvalue weighted by Crippen LogP contribution is -2.39. The summed E-state index contributed by atoms with van der Waals surface area (Å²) in [7, 11) is 0. The summed E-state index contributed by atoms with van der Waals surface area (Å²) >= 11 is 0. The Morgan fingerprint density at radius 2 is 1.83 bits per heavy atom. The van der Waals surface area contributed by atoms with Gasteiger partial charge in [0.05, 0.1) is 0 Å². The summed E-state index contributed by atoms with van der Waals surface area (Å²) in [6, 6.07) is 11.9. The van der Waals surface area contributed by atoms with Gasteiger partial charge in [0.25, 0.3) is 0 Å². The summed E-state index contributed by atoms with van der Waals surface area (Å²) in [6.45, 7) is 8.25. The predicted molar refractivity (Wildman–Crippen MR) is 77.7 cm³/mol. The molecule has 0 radical (unpaired) electrons. The van der Waals surface area contributed by atoms with E-state index in [-0.39, 0.29) is 0 Å². The van der Waals surface area contributed by atoms with E-state index in [0.717, 1.165) is 13.0 Å². The molecule has 100 valence electrons. The molecular weight excluding hydrogens is 220 g/mol. The van der Waals surface area contributed by atoms with Crippen LogP contribution in [0, 0.1) is 0 Å². The molecule has 0 aliphatic carbocycles. The SMILES string of the molecule is CCC(NCC(C)N1CCCC1)c1ccccc1. The number of benzene rings is 1. The van der Waals surface area contributed by atoms with Gasteiger partial charge in [0, 0.05) is 18.6 Å². The van der Waals surface area contributed by atoms with Gasteiger partial charge in [-0.2, -0.15) is 0 Å². The number of nitrogens with zero attached hydrogens (tertiary/aromatic N) is 1. The van der Waals surface area contributed by atoms with Crippen molar-refractivity contribution in [3.63, 3.8) is 0 Å². The molecule has 0 aromatic heterocycles. The molecule has 2 nitrogen and oxygen atoms in total. The van der Waals surface area contributed by atoms with Crippen LogP contribution in [0.25, 0.3) is 0 Å². The molecular formula is C16H26N2. The number of nitrogens with one attached hydrogen (secondary N) is 1. The number of rotatable bonds is 6. The Bertz CT molecular complexity index is 330. The maximum atomic E-state index is 3.72. The standard InChI is InChI=1S/C16H26N2/c1-3-16(15-9-5-4-6-10-15)17-13-14(2)18-11-7-8-12-18/h4-6,9-10,14,16-17H,3,7-8,11-13H2,1-2H3. The quantitative estimate of drug-likeness (QED) is 0.829. The van der Waals surface area contributed by atoms with Crippen molar-refractivity contribution in [1.82, 2.24) is 10.2 Å². The first-order chi connectivity index (χ1) is 8.81. The highest BCUT2D eigenvalue weighted by Gasteiger charge is 2.18. The second-order valence-corrected chi connectivity index (χ2v) is 5.37. The van der Waals surface area contributed by atoms with Crippen LogP contribution in [0.4, 0.5) is 0 Å². The summed E-state index contributed by atoms with van der Waals surface area (Å²) in [5.41, 5.74) is 1.41. The Morgan fingerprint density at radius 1 is 1.17 bits per heavy atom. The summed E-state index contributed by atoms with van der Waals surface area (Å²) < 4.78 is 0. The molecule has 1 fully saturated rings. The largest absolute Gasteiger partial charge is 0.308 e. The first-order valence-electron chi connectivity index (χ1n) is 7.33. The molecule has 1 aromatic carbocycles. The second kappa shape index (κ2) is 6.91. The van der Waals surface area contributed by atoms with Crippen molar-refractivity contribution in [2.75, 3.05) is 19.6 Å². The predicted octanol–water partition coefficient (Wildman–Crippen LogP) is 3.21. The molecule has 2 unspecified atom stereocenters. The van der Waals surface area contributed by atoms with Gasteiger partial charge in [0.2, 0.25) is 0 Å². The molecule has 0 spiro atoms. The highest BCUT2D eigenvalue weighted by atomic mass is 15.2. The zero-order valence-electron chi connectivity index (χ0n) is 11.7. The van der Waals surface area contributed by atoms with Gasteiger partial charge in [-0.1, -0.05) is 37.3 Å². The van der Waals surface area contributed by atoms with Crippen LogP contribution in [0.5, 0.6) is 0 Å². The summed E-state index contributed by atoms with van der Waals surface area (Å²) in [6.07, 6.45) is 3.90. The maximum absolute atomic E-state index is 3.72. The summed E-state index contributed by atoms with van der Waals surface area (Å²) in [5, 5.41) is 3.72. The topological polar surface area (TPSA) is 15.3 Å². The normalized spacial score (nSPS) is 19.9. The zero-order chi connectivity index (χ0) is 12.8. The fraction of sp³-hybridized carbons (Fsp3) is 0.625. The van der Waals surface area contributed by atoms with Crippen LogP contribution >= 0.6 is 0 Å². The van der Waals surface area contributed by atoms with Crippen molar-refractivity contribution in [2.24, 2.45) is 0 Å². The zero-order valence-corrected chi connectivity index (χ0v) is 11.7. The summed E-state index contributed by atoms with van der Waals surface area (Å²) in [5.74, 6) is 0. The third kappa shape index (κ3) is 3.56. The molecule has 1 saturated heterocycles. The molecule has 1 aliphatic heterocycles. The van der Waals surface area contributed by atoms with Gasteiger partial charge in [-0.3, -0.25) is 4.90 Å².